The maximum absolute atomic E-state index is 5.29. The van der Waals surface area contributed by atoms with Crippen molar-refractivity contribution in [2.75, 3.05) is 19.0 Å². The zero-order valence-electron chi connectivity index (χ0n) is 10.3. The molecule has 1 N–H and O–H groups in total. The zero-order valence-corrected chi connectivity index (χ0v) is 11.9. The van der Waals surface area contributed by atoms with Gasteiger partial charge < -0.3 is 10.1 Å². The fraction of sp³-hybridized carbons (Fsp3) is 0.200. The first-order chi connectivity index (χ1) is 8.81. The summed E-state index contributed by atoms with van der Waals surface area (Å²) in [6.07, 6.45) is 0. The molecule has 0 radical (unpaired) electrons. The minimum atomic E-state index is 0.148. The predicted molar refractivity (Wildman–Crippen MR) is 78.8 cm³/mol. The number of benzene rings is 2. The van der Waals surface area contributed by atoms with Gasteiger partial charge >= 0.3 is 0 Å². The molecule has 18 heavy (non-hydrogen) atoms. The summed E-state index contributed by atoms with van der Waals surface area (Å²) >= 11 is 3.55. The number of methoxy groups -OCH3 is 1. The molecule has 0 saturated carbocycles. The van der Waals surface area contributed by atoms with Crippen LogP contribution in [-0.4, -0.2) is 13.7 Å². The summed E-state index contributed by atoms with van der Waals surface area (Å²) in [6.45, 7) is 0.630. The van der Waals surface area contributed by atoms with Crippen LogP contribution in [0.25, 0.3) is 0 Å². The van der Waals surface area contributed by atoms with Crippen LogP contribution in [0, 0.1) is 0 Å². The Morgan fingerprint density at radius 3 is 2.39 bits per heavy atom. The van der Waals surface area contributed by atoms with Crippen molar-refractivity contribution in [2.24, 2.45) is 0 Å². The number of hydrogen-bond acceptors (Lipinski definition) is 2. The molecule has 2 nitrogen and oxygen atoms in total. The van der Waals surface area contributed by atoms with Gasteiger partial charge in [-0.05, 0) is 33.6 Å². The lowest BCUT2D eigenvalue weighted by Crippen LogP contribution is -2.16. The molecule has 2 aromatic rings. The van der Waals surface area contributed by atoms with Crippen molar-refractivity contribution in [3.8, 4) is 0 Å². The van der Waals surface area contributed by atoms with Crippen LogP contribution in [0.2, 0.25) is 0 Å². The number of anilines is 1. The molecule has 3 heteroatoms. The second-order valence-corrected chi connectivity index (χ2v) is 4.90. The van der Waals surface area contributed by atoms with Gasteiger partial charge in [0.25, 0.3) is 0 Å². The highest BCUT2D eigenvalue weighted by atomic mass is 79.9. The first-order valence-corrected chi connectivity index (χ1v) is 6.65. The average molecular weight is 306 g/mol. The lowest BCUT2D eigenvalue weighted by molar-refractivity contribution is 0.186. The summed E-state index contributed by atoms with van der Waals surface area (Å²) in [5.41, 5.74) is 2.29. The lowest BCUT2D eigenvalue weighted by Gasteiger charge is -2.20. The highest BCUT2D eigenvalue weighted by molar-refractivity contribution is 9.10. The van der Waals surface area contributed by atoms with Crippen molar-refractivity contribution >= 4 is 21.6 Å². The molecule has 0 fully saturated rings. The third-order valence-corrected chi connectivity index (χ3v) is 3.43. The van der Waals surface area contributed by atoms with E-state index in [-0.39, 0.29) is 6.04 Å². The summed E-state index contributed by atoms with van der Waals surface area (Å²) in [7, 11) is 1.72. The van der Waals surface area contributed by atoms with Crippen LogP contribution in [0.3, 0.4) is 0 Å². The van der Waals surface area contributed by atoms with Crippen molar-refractivity contribution in [2.45, 2.75) is 6.04 Å². The number of nitrogens with one attached hydrogen (secondary N) is 1. The van der Waals surface area contributed by atoms with E-state index in [1.807, 2.05) is 36.4 Å². The number of para-hydroxylation sites is 1. The Hall–Kier alpha value is -1.32. The fourth-order valence-electron chi connectivity index (χ4n) is 1.84. The summed E-state index contributed by atoms with van der Waals surface area (Å²) in [6, 6.07) is 18.6. The molecule has 0 aliphatic carbocycles. The third-order valence-electron chi connectivity index (χ3n) is 2.74. The quantitative estimate of drug-likeness (QED) is 0.891. The molecule has 0 amide bonds. The maximum Gasteiger partial charge on any atom is 0.0747 e. The first kappa shape index (κ1) is 13.1. The van der Waals surface area contributed by atoms with Crippen molar-refractivity contribution in [1.82, 2.24) is 0 Å². The van der Waals surface area contributed by atoms with Gasteiger partial charge in [-0.15, -0.1) is 0 Å². The molecule has 0 aliphatic rings. The SMILES string of the molecule is COCC(Nc1ccccc1Br)c1ccccc1. The third kappa shape index (κ3) is 3.34. The smallest absolute Gasteiger partial charge is 0.0747 e. The Balaban J connectivity index is 2.19. The monoisotopic (exact) mass is 305 g/mol. The summed E-state index contributed by atoms with van der Waals surface area (Å²) in [4.78, 5) is 0. The van der Waals surface area contributed by atoms with Gasteiger partial charge in [0.15, 0.2) is 0 Å². The Kier molecular flexibility index (Phi) is 4.79. The molecular weight excluding hydrogens is 290 g/mol. The van der Waals surface area contributed by atoms with Gasteiger partial charge in [0.2, 0.25) is 0 Å². The van der Waals surface area contributed by atoms with Crippen molar-refractivity contribution in [1.29, 1.82) is 0 Å². The molecule has 0 spiro atoms. The number of halogens is 1. The van der Waals surface area contributed by atoms with E-state index in [0.29, 0.717) is 6.61 Å². The van der Waals surface area contributed by atoms with E-state index in [4.69, 9.17) is 4.74 Å². The maximum atomic E-state index is 5.29. The van der Waals surface area contributed by atoms with Gasteiger partial charge in [-0.1, -0.05) is 42.5 Å². The molecule has 1 atom stereocenters. The van der Waals surface area contributed by atoms with Gasteiger partial charge in [0.1, 0.15) is 0 Å². The van der Waals surface area contributed by atoms with E-state index in [1.165, 1.54) is 5.56 Å². The highest BCUT2D eigenvalue weighted by Gasteiger charge is 2.11. The standard InChI is InChI=1S/C15H16BrNO/c1-18-11-15(12-7-3-2-4-8-12)17-14-10-6-5-9-13(14)16/h2-10,15,17H,11H2,1H3. The van der Waals surface area contributed by atoms with E-state index in [2.05, 4.69) is 39.4 Å². The van der Waals surface area contributed by atoms with E-state index in [9.17, 15) is 0 Å². The second kappa shape index (κ2) is 6.57. The molecule has 1 unspecified atom stereocenters. The van der Waals surface area contributed by atoms with Crippen LogP contribution >= 0.6 is 15.9 Å². The summed E-state index contributed by atoms with van der Waals surface area (Å²) < 4.78 is 6.35. The average Bonchev–Trinajstić information content (AvgIpc) is 2.42. The van der Waals surface area contributed by atoms with Gasteiger partial charge in [-0.2, -0.15) is 0 Å². The molecule has 0 saturated heterocycles. The van der Waals surface area contributed by atoms with Crippen molar-refractivity contribution < 1.29 is 4.74 Å². The number of ether oxygens (including phenoxy) is 1. The fourth-order valence-corrected chi connectivity index (χ4v) is 2.24. The molecule has 2 aromatic carbocycles. The van der Waals surface area contributed by atoms with E-state index < -0.39 is 0 Å². The Labute approximate surface area is 116 Å². The normalized spacial score (nSPS) is 12.1. The van der Waals surface area contributed by atoms with Gasteiger partial charge in [-0.25, -0.2) is 0 Å². The van der Waals surface area contributed by atoms with E-state index in [1.54, 1.807) is 7.11 Å². The number of rotatable bonds is 5. The van der Waals surface area contributed by atoms with Crippen LogP contribution < -0.4 is 5.32 Å². The summed E-state index contributed by atoms with van der Waals surface area (Å²) in [5.74, 6) is 0. The molecule has 2 rings (SSSR count). The number of hydrogen-bond donors (Lipinski definition) is 1. The van der Waals surface area contributed by atoms with Crippen LogP contribution in [0.1, 0.15) is 11.6 Å². The molecular formula is C15H16BrNO. The van der Waals surface area contributed by atoms with Crippen LogP contribution in [-0.2, 0) is 4.74 Å². The Bertz CT molecular complexity index is 487. The van der Waals surface area contributed by atoms with Crippen LogP contribution in [0.5, 0.6) is 0 Å². The van der Waals surface area contributed by atoms with Crippen LogP contribution in [0.4, 0.5) is 5.69 Å². The Morgan fingerprint density at radius 2 is 1.72 bits per heavy atom. The Morgan fingerprint density at radius 1 is 1.06 bits per heavy atom. The van der Waals surface area contributed by atoms with Crippen LogP contribution in [0.15, 0.2) is 59.1 Å². The van der Waals surface area contributed by atoms with E-state index >= 15 is 0 Å². The molecule has 94 valence electrons. The minimum Gasteiger partial charge on any atom is -0.382 e. The molecule has 0 aliphatic heterocycles. The topological polar surface area (TPSA) is 21.3 Å². The lowest BCUT2D eigenvalue weighted by atomic mass is 10.1. The van der Waals surface area contributed by atoms with Gasteiger partial charge in [-0.3, -0.25) is 0 Å². The van der Waals surface area contributed by atoms with E-state index in [0.717, 1.165) is 10.2 Å². The molecule has 0 aromatic heterocycles. The highest BCUT2D eigenvalue weighted by Crippen LogP contribution is 2.26. The van der Waals surface area contributed by atoms with Gasteiger partial charge in [0, 0.05) is 17.3 Å². The summed E-state index contributed by atoms with van der Waals surface area (Å²) in [5, 5.41) is 3.49. The van der Waals surface area contributed by atoms with Crippen molar-refractivity contribution in [3.63, 3.8) is 0 Å². The largest absolute Gasteiger partial charge is 0.382 e. The molecule has 0 bridgehead atoms. The predicted octanol–water partition coefficient (Wildman–Crippen LogP) is 4.25. The minimum absolute atomic E-state index is 0.148. The second-order valence-electron chi connectivity index (χ2n) is 4.04. The van der Waals surface area contributed by atoms with Gasteiger partial charge in [0.05, 0.1) is 12.6 Å². The van der Waals surface area contributed by atoms with Crippen molar-refractivity contribution in [3.05, 3.63) is 64.6 Å². The first-order valence-electron chi connectivity index (χ1n) is 5.86. The molecule has 0 heterocycles. The zero-order chi connectivity index (χ0) is 12.8.